The zero-order valence-corrected chi connectivity index (χ0v) is 17.0. The number of imide groups is 2. The number of nitrogens with one attached hydrogen (secondary N) is 1. The number of barbiturate groups is 1. The van der Waals surface area contributed by atoms with Crippen LogP contribution in [0.15, 0.2) is 74.8 Å². The average Bonchev–Trinajstić information content (AvgIpc) is 3.15. The van der Waals surface area contributed by atoms with E-state index in [0.29, 0.717) is 16.5 Å². The molecule has 4 rings (SSSR count). The van der Waals surface area contributed by atoms with E-state index in [2.05, 4.69) is 10.3 Å². The molecule has 1 saturated heterocycles. The lowest BCUT2D eigenvalue weighted by Crippen LogP contribution is -2.54. The molecule has 30 heavy (non-hydrogen) atoms. The predicted octanol–water partition coefficient (Wildman–Crippen LogP) is 4.11. The maximum atomic E-state index is 13.0. The highest BCUT2D eigenvalue weighted by Gasteiger charge is 2.37. The number of hydrogen-bond acceptors (Lipinski definition) is 6. The van der Waals surface area contributed by atoms with E-state index in [0.717, 1.165) is 21.1 Å². The third-order valence-electron chi connectivity index (χ3n) is 4.58. The van der Waals surface area contributed by atoms with Gasteiger partial charge in [0.15, 0.2) is 5.09 Å². The summed E-state index contributed by atoms with van der Waals surface area (Å²) in [7, 11) is 0. The summed E-state index contributed by atoms with van der Waals surface area (Å²) in [6, 6.07) is 13.3. The van der Waals surface area contributed by atoms with Crippen molar-refractivity contribution in [3.63, 3.8) is 0 Å². The van der Waals surface area contributed by atoms with Crippen molar-refractivity contribution in [3.05, 3.63) is 77.2 Å². The molecule has 0 aliphatic carbocycles. The lowest BCUT2D eigenvalue weighted by Gasteiger charge is -2.26. The Morgan fingerprint density at radius 1 is 1.03 bits per heavy atom. The van der Waals surface area contributed by atoms with Crippen LogP contribution in [0, 0.1) is 13.8 Å². The average molecular weight is 419 g/mol. The van der Waals surface area contributed by atoms with Crippen molar-refractivity contribution >= 4 is 41.4 Å². The van der Waals surface area contributed by atoms with Crippen LogP contribution in [0.3, 0.4) is 0 Å². The summed E-state index contributed by atoms with van der Waals surface area (Å²) in [5.41, 5.74) is 2.17. The Morgan fingerprint density at radius 2 is 1.87 bits per heavy atom. The molecule has 3 heterocycles. The normalized spacial score (nSPS) is 15.6. The second-order valence-corrected chi connectivity index (χ2v) is 7.68. The molecule has 3 aromatic rings. The SMILES string of the molecule is Cc1ccc(N2C(=O)NC(=O)/C(=C\c3ccc(Sc4ccccn4)o3)C2=O)cc1C. The Hall–Kier alpha value is -3.65. The Morgan fingerprint density at radius 3 is 2.60 bits per heavy atom. The van der Waals surface area contributed by atoms with Crippen molar-refractivity contribution in [2.45, 2.75) is 24.0 Å². The van der Waals surface area contributed by atoms with Crippen molar-refractivity contribution in [2.24, 2.45) is 0 Å². The summed E-state index contributed by atoms with van der Waals surface area (Å²) < 4.78 is 5.70. The Balaban J connectivity index is 1.62. The standard InChI is InChI=1S/C22H17N3O4S/c1-13-6-7-15(11-14(13)2)25-21(27)17(20(26)24-22(25)28)12-16-8-9-19(29-16)30-18-5-3-4-10-23-18/h3-12H,1-2H3,(H,24,26,28)/b17-12+. The highest BCUT2D eigenvalue weighted by Crippen LogP contribution is 2.29. The summed E-state index contributed by atoms with van der Waals surface area (Å²) in [5, 5.41) is 3.53. The van der Waals surface area contributed by atoms with E-state index < -0.39 is 17.8 Å². The Bertz CT molecular complexity index is 1180. The highest BCUT2D eigenvalue weighted by atomic mass is 32.2. The van der Waals surface area contributed by atoms with Crippen LogP contribution in [0.5, 0.6) is 0 Å². The van der Waals surface area contributed by atoms with Gasteiger partial charge in [0.25, 0.3) is 11.8 Å². The van der Waals surface area contributed by atoms with Gasteiger partial charge in [0, 0.05) is 6.20 Å². The van der Waals surface area contributed by atoms with Gasteiger partial charge in [0.05, 0.1) is 5.69 Å². The van der Waals surface area contributed by atoms with Gasteiger partial charge >= 0.3 is 6.03 Å². The van der Waals surface area contributed by atoms with Crippen LogP contribution in [0.2, 0.25) is 0 Å². The summed E-state index contributed by atoms with van der Waals surface area (Å²) in [5.74, 6) is -1.15. The molecular weight excluding hydrogens is 402 g/mol. The van der Waals surface area contributed by atoms with E-state index in [-0.39, 0.29) is 5.57 Å². The van der Waals surface area contributed by atoms with Gasteiger partial charge in [-0.3, -0.25) is 14.9 Å². The van der Waals surface area contributed by atoms with Gasteiger partial charge in [-0.05, 0) is 79.2 Å². The molecule has 0 radical (unpaired) electrons. The van der Waals surface area contributed by atoms with Crippen molar-refractivity contribution in [2.75, 3.05) is 4.90 Å². The summed E-state index contributed by atoms with van der Waals surface area (Å²) in [6.45, 7) is 3.82. The van der Waals surface area contributed by atoms with Crippen molar-refractivity contribution < 1.29 is 18.8 Å². The van der Waals surface area contributed by atoms with Gasteiger partial charge in [-0.2, -0.15) is 0 Å². The monoisotopic (exact) mass is 419 g/mol. The summed E-state index contributed by atoms with van der Waals surface area (Å²) in [6.07, 6.45) is 3.01. The second-order valence-electron chi connectivity index (χ2n) is 6.65. The zero-order chi connectivity index (χ0) is 21.3. The number of urea groups is 1. The van der Waals surface area contributed by atoms with E-state index in [1.165, 1.54) is 17.8 Å². The molecule has 150 valence electrons. The molecule has 0 atom stereocenters. The van der Waals surface area contributed by atoms with Crippen LogP contribution < -0.4 is 10.2 Å². The number of rotatable bonds is 4. The van der Waals surface area contributed by atoms with Gasteiger partial charge in [-0.25, -0.2) is 14.7 Å². The number of benzene rings is 1. The minimum Gasteiger partial charge on any atom is -0.450 e. The number of aromatic nitrogens is 1. The third kappa shape index (κ3) is 3.90. The number of carbonyl (C=O) groups is 3. The lowest BCUT2D eigenvalue weighted by atomic mass is 10.1. The number of carbonyl (C=O) groups excluding carboxylic acids is 3. The lowest BCUT2D eigenvalue weighted by molar-refractivity contribution is -0.122. The van der Waals surface area contributed by atoms with Gasteiger partial charge in [0.1, 0.15) is 16.4 Å². The molecule has 0 saturated carbocycles. The van der Waals surface area contributed by atoms with Gasteiger partial charge in [0.2, 0.25) is 0 Å². The molecule has 7 nitrogen and oxygen atoms in total. The predicted molar refractivity (Wildman–Crippen MR) is 112 cm³/mol. The van der Waals surface area contributed by atoms with E-state index in [4.69, 9.17) is 4.42 Å². The molecular formula is C22H17N3O4S. The molecule has 0 unspecified atom stereocenters. The molecule has 8 heteroatoms. The first kappa shape index (κ1) is 19.7. The maximum absolute atomic E-state index is 13.0. The molecule has 4 amide bonds. The second kappa shape index (κ2) is 8.00. The van der Waals surface area contributed by atoms with E-state index >= 15 is 0 Å². The number of furan rings is 1. The Labute approximate surface area is 176 Å². The first-order chi connectivity index (χ1) is 14.4. The smallest absolute Gasteiger partial charge is 0.335 e. The third-order valence-corrected chi connectivity index (χ3v) is 5.45. The first-order valence-corrected chi connectivity index (χ1v) is 9.91. The van der Waals surface area contributed by atoms with Gasteiger partial charge < -0.3 is 4.42 Å². The summed E-state index contributed by atoms with van der Waals surface area (Å²) in [4.78, 5) is 42.8. The highest BCUT2D eigenvalue weighted by molar-refractivity contribution is 7.99. The van der Waals surface area contributed by atoms with Crippen LogP contribution in [0.4, 0.5) is 10.5 Å². The molecule has 0 bridgehead atoms. The van der Waals surface area contributed by atoms with Crippen LogP contribution in [-0.2, 0) is 9.59 Å². The number of anilines is 1. The number of nitrogens with zero attached hydrogens (tertiary/aromatic N) is 2. The van der Waals surface area contributed by atoms with Crippen molar-refractivity contribution in [3.8, 4) is 0 Å². The fourth-order valence-electron chi connectivity index (χ4n) is 2.88. The van der Waals surface area contributed by atoms with E-state index in [1.54, 1.807) is 30.5 Å². The molecule has 1 fully saturated rings. The molecule has 1 aliphatic rings. The van der Waals surface area contributed by atoms with Crippen LogP contribution in [0.1, 0.15) is 16.9 Å². The minimum absolute atomic E-state index is 0.184. The molecule has 1 aromatic carbocycles. The van der Waals surface area contributed by atoms with Gasteiger partial charge in [-0.1, -0.05) is 12.1 Å². The topological polar surface area (TPSA) is 92.5 Å². The molecule has 2 aromatic heterocycles. The fraction of sp³-hybridized carbons (Fsp3) is 0.0909. The van der Waals surface area contributed by atoms with Crippen LogP contribution in [-0.4, -0.2) is 22.8 Å². The molecule has 1 aliphatic heterocycles. The van der Waals surface area contributed by atoms with Crippen LogP contribution in [0.25, 0.3) is 6.08 Å². The van der Waals surface area contributed by atoms with Crippen molar-refractivity contribution in [1.82, 2.24) is 10.3 Å². The van der Waals surface area contributed by atoms with E-state index in [9.17, 15) is 14.4 Å². The minimum atomic E-state index is -0.781. The fourth-order valence-corrected chi connectivity index (χ4v) is 3.62. The largest absolute Gasteiger partial charge is 0.450 e. The maximum Gasteiger partial charge on any atom is 0.335 e. The Kier molecular flexibility index (Phi) is 5.24. The molecule has 1 N–H and O–H groups in total. The van der Waals surface area contributed by atoms with Crippen molar-refractivity contribution in [1.29, 1.82) is 0 Å². The summed E-state index contributed by atoms with van der Waals surface area (Å²) >= 11 is 1.32. The molecule has 0 spiro atoms. The number of amides is 4. The zero-order valence-electron chi connectivity index (χ0n) is 16.2. The quantitative estimate of drug-likeness (QED) is 0.505. The van der Waals surface area contributed by atoms with Gasteiger partial charge in [-0.15, -0.1) is 0 Å². The van der Waals surface area contributed by atoms with Crippen LogP contribution >= 0.6 is 11.8 Å². The first-order valence-electron chi connectivity index (χ1n) is 9.10. The number of hydrogen-bond donors (Lipinski definition) is 1. The van der Waals surface area contributed by atoms with E-state index in [1.807, 2.05) is 38.1 Å². The number of aryl methyl sites for hydroxylation is 2. The number of pyridine rings is 1.